The standard InChI is InChI=1S/C21H20N4O2/c26-21(23-17-4-2-1-3-5-17)20-15-22-14-19(24-20)16-6-8-18(9-7-16)25-10-12-27-13-11-25/h1-9,14-15H,10-13H2,(H,23,26). The summed E-state index contributed by atoms with van der Waals surface area (Å²) in [7, 11) is 0. The Hall–Kier alpha value is -3.25. The van der Waals surface area contributed by atoms with Crippen molar-refractivity contribution >= 4 is 17.3 Å². The van der Waals surface area contributed by atoms with Gasteiger partial charge in [-0.2, -0.15) is 0 Å². The molecule has 0 unspecified atom stereocenters. The Morgan fingerprint density at radius 3 is 2.44 bits per heavy atom. The maximum atomic E-state index is 12.4. The summed E-state index contributed by atoms with van der Waals surface area (Å²) in [6, 6.07) is 17.5. The molecular weight excluding hydrogens is 340 g/mol. The maximum Gasteiger partial charge on any atom is 0.275 e. The van der Waals surface area contributed by atoms with Crippen LogP contribution in [0.3, 0.4) is 0 Å². The van der Waals surface area contributed by atoms with Crippen LogP contribution in [0.25, 0.3) is 11.3 Å². The maximum absolute atomic E-state index is 12.4. The van der Waals surface area contributed by atoms with Gasteiger partial charge < -0.3 is 15.0 Å². The molecule has 0 radical (unpaired) electrons. The second-order valence-corrected chi connectivity index (χ2v) is 6.26. The summed E-state index contributed by atoms with van der Waals surface area (Å²) in [6.07, 6.45) is 3.15. The van der Waals surface area contributed by atoms with Gasteiger partial charge in [0.15, 0.2) is 0 Å². The molecule has 1 aliphatic rings. The number of hydrogen-bond acceptors (Lipinski definition) is 5. The van der Waals surface area contributed by atoms with Gasteiger partial charge in [-0.3, -0.25) is 9.78 Å². The van der Waals surface area contributed by atoms with Gasteiger partial charge in [0.25, 0.3) is 5.91 Å². The Balaban J connectivity index is 1.51. The molecule has 0 aliphatic carbocycles. The molecular formula is C21H20N4O2. The smallest absolute Gasteiger partial charge is 0.275 e. The van der Waals surface area contributed by atoms with Crippen LogP contribution < -0.4 is 10.2 Å². The van der Waals surface area contributed by atoms with Crippen LogP contribution in [0.4, 0.5) is 11.4 Å². The molecule has 136 valence electrons. The summed E-state index contributed by atoms with van der Waals surface area (Å²) < 4.78 is 5.39. The third-order valence-electron chi connectivity index (χ3n) is 4.44. The predicted molar refractivity (Wildman–Crippen MR) is 105 cm³/mol. The van der Waals surface area contributed by atoms with E-state index in [2.05, 4.69) is 32.3 Å². The molecule has 1 fully saturated rings. The Morgan fingerprint density at radius 1 is 0.963 bits per heavy atom. The van der Waals surface area contributed by atoms with Crippen molar-refractivity contribution in [1.82, 2.24) is 9.97 Å². The molecule has 0 spiro atoms. The van der Waals surface area contributed by atoms with E-state index in [-0.39, 0.29) is 11.6 Å². The molecule has 2 aromatic carbocycles. The van der Waals surface area contributed by atoms with E-state index in [1.54, 1.807) is 6.20 Å². The molecule has 6 heteroatoms. The Bertz CT molecular complexity index is 907. The van der Waals surface area contributed by atoms with E-state index in [1.165, 1.54) is 6.20 Å². The van der Waals surface area contributed by atoms with Crippen LogP contribution in [0.1, 0.15) is 10.5 Å². The van der Waals surface area contributed by atoms with Crippen LogP contribution in [-0.4, -0.2) is 42.2 Å². The lowest BCUT2D eigenvalue weighted by Gasteiger charge is -2.28. The quantitative estimate of drug-likeness (QED) is 0.774. The van der Waals surface area contributed by atoms with Crippen LogP contribution in [0, 0.1) is 0 Å². The van der Waals surface area contributed by atoms with Crippen molar-refractivity contribution in [2.24, 2.45) is 0 Å². The van der Waals surface area contributed by atoms with Gasteiger partial charge in [-0.25, -0.2) is 4.98 Å². The lowest BCUT2D eigenvalue weighted by Crippen LogP contribution is -2.36. The van der Waals surface area contributed by atoms with Gasteiger partial charge in [0.2, 0.25) is 0 Å². The van der Waals surface area contributed by atoms with Crippen molar-refractivity contribution in [3.8, 4) is 11.3 Å². The zero-order chi connectivity index (χ0) is 18.5. The van der Waals surface area contributed by atoms with E-state index in [4.69, 9.17) is 4.74 Å². The normalized spacial score (nSPS) is 14.0. The minimum absolute atomic E-state index is 0.277. The van der Waals surface area contributed by atoms with E-state index >= 15 is 0 Å². The van der Waals surface area contributed by atoms with Gasteiger partial charge in [-0.15, -0.1) is 0 Å². The van der Waals surface area contributed by atoms with E-state index in [1.807, 2.05) is 42.5 Å². The van der Waals surface area contributed by atoms with Crippen LogP contribution in [0.15, 0.2) is 67.0 Å². The fourth-order valence-corrected chi connectivity index (χ4v) is 3.00. The number of benzene rings is 2. The molecule has 0 saturated carbocycles. The highest BCUT2D eigenvalue weighted by Crippen LogP contribution is 2.22. The number of carbonyl (C=O) groups is 1. The van der Waals surface area contributed by atoms with E-state index in [0.717, 1.165) is 43.2 Å². The monoisotopic (exact) mass is 360 g/mol. The van der Waals surface area contributed by atoms with E-state index < -0.39 is 0 Å². The van der Waals surface area contributed by atoms with Gasteiger partial charge >= 0.3 is 0 Å². The highest BCUT2D eigenvalue weighted by Gasteiger charge is 2.13. The van der Waals surface area contributed by atoms with Crippen LogP contribution in [-0.2, 0) is 4.74 Å². The van der Waals surface area contributed by atoms with Crippen molar-refractivity contribution in [1.29, 1.82) is 0 Å². The number of carbonyl (C=O) groups excluding carboxylic acids is 1. The zero-order valence-corrected chi connectivity index (χ0v) is 14.8. The number of nitrogens with one attached hydrogen (secondary N) is 1. The first-order valence-corrected chi connectivity index (χ1v) is 8.91. The van der Waals surface area contributed by atoms with Crippen LogP contribution in [0.2, 0.25) is 0 Å². The van der Waals surface area contributed by atoms with Crippen molar-refractivity contribution in [2.75, 3.05) is 36.5 Å². The predicted octanol–water partition coefficient (Wildman–Crippen LogP) is 3.23. The molecule has 1 aromatic heterocycles. The highest BCUT2D eigenvalue weighted by atomic mass is 16.5. The minimum atomic E-state index is -0.277. The summed E-state index contributed by atoms with van der Waals surface area (Å²) >= 11 is 0. The van der Waals surface area contributed by atoms with Crippen LogP contribution >= 0.6 is 0 Å². The molecule has 0 bridgehead atoms. The average molecular weight is 360 g/mol. The SMILES string of the molecule is O=C(Nc1ccccc1)c1cncc(-c2ccc(N3CCOCC3)cc2)n1. The second-order valence-electron chi connectivity index (χ2n) is 6.26. The second kappa shape index (κ2) is 7.97. The van der Waals surface area contributed by atoms with Gasteiger partial charge in [0.05, 0.1) is 31.3 Å². The Morgan fingerprint density at radius 2 is 1.70 bits per heavy atom. The number of morpholine rings is 1. The number of anilines is 2. The third-order valence-corrected chi connectivity index (χ3v) is 4.44. The van der Waals surface area contributed by atoms with E-state index in [9.17, 15) is 4.79 Å². The van der Waals surface area contributed by atoms with E-state index in [0.29, 0.717) is 5.69 Å². The summed E-state index contributed by atoms with van der Waals surface area (Å²) in [6.45, 7) is 3.31. The molecule has 1 N–H and O–H groups in total. The fraction of sp³-hybridized carbons (Fsp3) is 0.190. The largest absolute Gasteiger partial charge is 0.378 e. The molecule has 4 rings (SSSR count). The third kappa shape index (κ3) is 4.12. The van der Waals surface area contributed by atoms with Crippen LogP contribution in [0.5, 0.6) is 0 Å². The van der Waals surface area contributed by atoms with Crippen molar-refractivity contribution < 1.29 is 9.53 Å². The highest BCUT2D eigenvalue weighted by molar-refractivity contribution is 6.02. The van der Waals surface area contributed by atoms with Gasteiger partial charge in [-0.05, 0) is 24.3 Å². The number of amides is 1. The van der Waals surface area contributed by atoms with Crippen molar-refractivity contribution in [3.63, 3.8) is 0 Å². The molecule has 1 amide bonds. The number of nitrogens with zero attached hydrogens (tertiary/aromatic N) is 3. The number of aromatic nitrogens is 2. The van der Waals surface area contributed by atoms with Gasteiger partial charge in [0, 0.05) is 30.0 Å². The number of hydrogen-bond donors (Lipinski definition) is 1. The lowest BCUT2D eigenvalue weighted by molar-refractivity contribution is 0.102. The summed E-state index contributed by atoms with van der Waals surface area (Å²) in [4.78, 5) is 23.4. The molecule has 1 saturated heterocycles. The number of ether oxygens (including phenoxy) is 1. The molecule has 2 heterocycles. The minimum Gasteiger partial charge on any atom is -0.378 e. The summed E-state index contributed by atoms with van der Waals surface area (Å²) in [5.41, 5.74) is 3.77. The van der Waals surface area contributed by atoms with Gasteiger partial charge in [-0.1, -0.05) is 30.3 Å². The van der Waals surface area contributed by atoms with Crippen molar-refractivity contribution in [3.05, 3.63) is 72.7 Å². The molecule has 0 atom stereocenters. The molecule has 1 aliphatic heterocycles. The molecule has 6 nitrogen and oxygen atoms in total. The van der Waals surface area contributed by atoms with Crippen molar-refractivity contribution in [2.45, 2.75) is 0 Å². The zero-order valence-electron chi connectivity index (χ0n) is 14.8. The number of rotatable bonds is 4. The fourth-order valence-electron chi connectivity index (χ4n) is 3.00. The molecule has 27 heavy (non-hydrogen) atoms. The topological polar surface area (TPSA) is 67.4 Å². The Kier molecular flexibility index (Phi) is 5.07. The first-order valence-electron chi connectivity index (χ1n) is 8.91. The average Bonchev–Trinajstić information content (AvgIpc) is 2.75. The lowest BCUT2D eigenvalue weighted by atomic mass is 10.1. The first kappa shape index (κ1) is 17.2. The molecule has 3 aromatic rings. The summed E-state index contributed by atoms with van der Waals surface area (Å²) in [5, 5.41) is 2.83. The Labute approximate surface area is 157 Å². The number of para-hydroxylation sites is 1. The first-order chi connectivity index (χ1) is 13.3. The summed E-state index contributed by atoms with van der Waals surface area (Å²) in [5.74, 6) is -0.277. The van der Waals surface area contributed by atoms with Gasteiger partial charge in [0.1, 0.15) is 5.69 Å².